The van der Waals surface area contributed by atoms with Crippen molar-refractivity contribution in [3.8, 4) is 0 Å². The summed E-state index contributed by atoms with van der Waals surface area (Å²) in [5.41, 5.74) is 1.79. The molecule has 1 N–H and O–H groups in total. The molecule has 1 fully saturated rings. The zero-order valence-corrected chi connectivity index (χ0v) is 11.7. The summed E-state index contributed by atoms with van der Waals surface area (Å²) in [6.45, 7) is 4.01. The minimum Gasteiger partial charge on any atom is -0.382 e. The van der Waals surface area contributed by atoms with Gasteiger partial charge >= 0.3 is 0 Å². The number of anilines is 1. The average Bonchev–Trinajstić information content (AvgIpc) is 2.41. The van der Waals surface area contributed by atoms with Gasteiger partial charge in [0, 0.05) is 23.4 Å². The zero-order chi connectivity index (χ0) is 13.8. The molecule has 0 heterocycles. The van der Waals surface area contributed by atoms with Gasteiger partial charge in [0.25, 0.3) is 5.69 Å². The van der Waals surface area contributed by atoms with Gasteiger partial charge in [0.2, 0.25) is 0 Å². The van der Waals surface area contributed by atoms with Crippen LogP contribution in [0.4, 0.5) is 11.4 Å². The molecular weight excluding hydrogens is 240 g/mol. The number of nitrogens with zero attached hydrogens (tertiary/aromatic N) is 1. The smallest absolute Gasteiger partial charge is 0.274 e. The van der Waals surface area contributed by atoms with E-state index in [1.54, 1.807) is 13.0 Å². The van der Waals surface area contributed by atoms with Crippen LogP contribution in [0.25, 0.3) is 0 Å². The average molecular weight is 262 g/mol. The summed E-state index contributed by atoms with van der Waals surface area (Å²) in [6.07, 6.45) is 6.15. The first-order valence-corrected chi connectivity index (χ1v) is 7.11. The number of aryl methyl sites for hydroxylation is 1. The maximum absolute atomic E-state index is 10.9. The van der Waals surface area contributed by atoms with Crippen molar-refractivity contribution in [2.24, 2.45) is 5.92 Å². The van der Waals surface area contributed by atoms with Gasteiger partial charge in [-0.1, -0.05) is 32.3 Å². The van der Waals surface area contributed by atoms with Gasteiger partial charge in [-0.15, -0.1) is 0 Å². The van der Waals surface area contributed by atoms with Crippen molar-refractivity contribution in [2.75, 3.05) is 5.32 Å². The van der Waals surface area contributed by atoms with E-state index in [0.29, 0.717) is 11.6 Å². The topological polar surface area (TPSA) is 55.2 Å². The van der Waals surface area contributed by atoms with Crippen LogP contribution in [0.5, 0.6) is 0 Å². The highest BCUT2D eigenvalue weighted by molar-refractivity contribution is 5.55. The van der Waals surface area contributed by atoms with Crippen LogP contribution in [0.2, 0.25) is 0 Å². The van der Waals surface area contributed by atoms with Crippen molar-refractivity contribution < 1.29 is 4.92 Å². The summed E-state index contributed by atoms with van der Waals surface area (Å²) in [5, 5.41) is 14.4. The minimum atomic E-state index is -0.309. The van der Waals surface area contributed by atoms with Crippen LogP contribution in [-0.4, -0.2) is 11.0 Å². The lowest BCUT2D eigenvalue weighted by Gasteiger charge is -2.29. The van der Waals surface area contributed by atoms with Crippen LogP contribution < -0.4 is 5.32 Å². The Morgan fingerprint density at radius 2 is 2.21 bits per heavy atom. The van der Waals surface area contributed by atoms with E-state index >= 15 is 0 Å². The fourth-order valence-electron chi connectivity index (χ4n) is 2.92. The van der Waals surface area contributed by atoms with Crippen molar-refractivity contribution in [3.05, 3.63) is 33.9 Å². The number of hydrogen-bond donors (Lipinski definition) is 1. The standard InChI is InChI=1S/C15H22N2O2/c1-3-12-5-4-6-13(9-12)16-14-8-7-11(2)15(10-14)17(18)19/h7-8,10,12-13,16H,3-6,9H2,1-2H3. The molecule has 4 nitrogen and oxygen atoms in total. The lowest BCUT2D eigenvalue weighted by atomic mass is 9.84. The van der Waals surface area contributed by atoms with E-state index in [0.717, 1.165) is 18.0 Å². The summed E-state index contributed by atoms with van der Waals surface area (Å²) in [4.78, 5) is 10.6. The molecule has 0 saturated heterocycles. The molecule has 2 atom stereocenters. The Balaban J connectivity index is 2.06. The Labute approximate surface area is 114 Å². The molecule has 19 heavy (non-hydrogen) atoms. The first-order valence-electron chi connectivity index (χ1n) is 7.11. The number of benzene rings is 1. The molecule has 2 rings (SSSR count). The van der Waals surface area contributed by atoms with E-state index in [1.165, 1.54) is 25.7 Å². The van der Waals surface area contributed by atoms with Crippen LogP contribution in [-0.2, 0) is 0 Å². The van der Waals surface area contributed by atoms with E-state index in [4.69, 9.17) is 0 Å². The summed E-state index contributed by atoms with van der Waals surface area (Å²) < 4.78 is 0. The molecule has 104 valence electrons. The highest BCUT2D eigenvalue weighted by Crippen LogP contribution is 2.30. The van der Waals surface area contributed by atoms with Gasteiger partial charge in [0.15, 0.2) is 0 Å². The van der Waals surface area contributed by atoms with Gasteiger partial charge in [-0.05, 0) is 31.7 Å². The van der Waals surface area contributed by atoms with Crippen LogP contribution in [0.1, 0.15) is 44.6 Å². The molecule has 1 aliphatic carbocycles. The third-order valence-electron chi connectivity index (χ3n) is 4.14. The molecule has 0 aromatic heterocycles. The molecule has 0 spiro atoms. The molecule has 1 aromatic rings. The van der Waals surface area contributed by atoms with E-state index in [1.807, 2.05) is 12.1 Å². The molecular formula is C15H22N2O2. The zero-order valence-electron chi connectivity index (χ0n) is 11.7. The van der Waals surface area contributed by atoms with Crippen molar-refractivity contribution in [1.82, 2.24) is 0 Å². The molecule has 0 bridgehead atoms. The number of nitrogens with one attached hydrogen (secondary N) is 1. The van der Waals surface area contributed by atoms with E-state index in [-0.39, 0.29) is 10.6 Å². The lowest BCUT2D eigenvalue weighted by molar-refractivity contribution is -0.385. The first-order chi connectivity index (χ1) is 9.10. The highest BCUT2D eigenvalue weighted by atomic mass is 16.6. The normalized spacial score (nSPS) is 23.1. The van der Waals surface area contributed by atoms with Crippen LogP contribution in [0.15, 0.2) is 18.2 Å². The van der Waals surface area contributed by atoms with Gasteiger partial charge < -0.3 is 5.32 Å². The largest absolute Gasteiger partial charge is 0.382 e. The SMILES string of the molecule is CCC1CCCC(Nc2ccc(C)c([N+](=O)[O-])c2)C1. The Morgan fingerprint density at radius 1 is 1.42 bits per heavy atom. The van der Waals surface area contributed by atoms with Crippen LogP contribution >= 0.6 is 0 Å². The third-order valence-corrected chi connectivity index (χ3v) is 4.14. The lowest BCUT2D eigenvalue weighted by Crippen LogP contribution is -2.27. The second-order valence-electron chi connectivity index (χ2n) is 5.54. The second-order valence-corrected chi connectivity index (χ2v) is 5.54. The molecule has 1 aromatic carbocycles. The Bertz CT molecular complexity index is 459. The van der Waals surface area contributed by atoms with Gasteiger partial charge in [0.05, 0.1) is 4.92 Å². The predicted octanol–water partition coefficient (Wildman–Crippen LogP) is 4.28. The Hall–Kier alpha value is -1.58. The van der Waals surface area contributed by atoms with E-state index in [2.05, 4.69) is 12.2 Å². The Kier molecular flexibility index (Phi) is 4.40. The van der Waals surface area contributed by atoms with E-state index in [9.17, 15) is 10.1 Å². The van der Waals surface area contributed by atoms with Crippen molar-refractivity contribution in [3.63, 3.8) is 0 Å². The molecule has 1 saturated carbocycles. The molecule has 0 amide bonds. The molecule has 1 aliphatic rings. The maximum Gasteiger partial charge on any atom is 0.274 e. The van der Waals surface area contributed by atoms with Gasteiger partial charge in [0.1, 0.15) is 0 Å². The first kappa shape index (κ1) is 13.8. The second kappa shape index (κ2) is 6.04. The Morgan fingerprint density at radius 3 is 2.89 bits per heavy atom. The summed E-state index contributed by atoms with van der Waals surface area (Å²) in [5.74, 6) is 0.798. The van der Waals surface area contributed by atoms with Crippen molar-refractivity contribution in [2.45, 2.75) is 52.0 Å². The van der Waals surface area contributed by atoms with Crippen LogP contribution in [0.3, 0.4) is 0 Å². The molecule has 4 heteroatoms. The fraction of sp³-hybridized carbons (Fsp3) is 0.600. The quantitative estimate of drug-likeness (QED) is 0.650. The third kappa shape index (κ3) is 3.46. The number of hydrogen-bond acceptors (Lipinski definition) is 3. The highest BCUT2D eigenvalue weighted by Gasteiger charge is 2.21. The van der Waals surface area contributed by atoms with Gasteiger partial charge in [-0.25, -0.2) is 0 Å². The molecule has 0 aliphatic heterocycles. The molecule has 2 unspecified atom stereocenters. The van der Waals surface area contributed by atoms with Crippen LogP contribution in [0, 0.1) is 23.0 Å². The summed E-state index contributed by atoms with van der Waals surface area (Å²) in [7, 11) is 0. The number of nitro groups is 1. The number of nitro benzene ring substituents is 1. The predicted molar refractivity (Wildman–Crippen MR) is 77.5 cm³/mol. The van der Waals surface area contributed by atoms with Gasteiger partial charge in [-0.3, -0.25) is 10.1 Å². The molecule has 0 radical (unpaired) electrons. The maximum atomic E-state index is 10.9. The van der Waals surface area contributed by atoms with Gasteiger partial charge in [-0.2, -0.15) is 0 Å². The fourth-order valence-corrected chi connectivity index (χ4v) is 2.92. The summed E-state index contributed by atoms with van der Waals surface area (Å²) >= 11 is 0. The van der Waals surface area contributed by atoms with Crippen molar-refractivity contribution in [1.29, 1.82) is 0 Å². The monoisotopic (exact) mass is 262 g/mol. The van der Waals surface area contributed by atoms with Crippen molar-refractivity contribution >= 4 is 11.4 Å². The minimum absolute atomic E-state index is 0.202. The summed E-state index contributed by atoms with van der Waals surface area (Å²) in [6, 6.07) is 5.88. The number of rotatable bonds is 4. The van der Waals surface area contributed by atoms with E-state index < -0.39 is 0 Å².